The number of rotatable bonds is 8. The van der Waals surface area contributed by atoms with Gasteiger partial charge in [-0.3, -0.25) is 14.4 Å². The number of anilines is 1. The van der Waals surface area contributed by atoms with Crippen molar-refractivity contribution in [2.75, 3.05) is 11.9 Å². The van der Waals surface area contributed by atoms with Crippen molar-refractivity contribution in [3.05, 3.63) is 96.1 Å². The topological polar surface area (TPSA) is 101 Å². The molecule has 0 aromatic heterocycles. The molecule has 1 unspecified atom stereocenters. The summed E-state index contributed by atoms with van der Waals surface area (Å²) >= 11 is 1.47. The van der Waals surface area contributed by atoms with Crippen LogP contribution in [0.1, 0.15) is 21.2 Å². The molecule has 3 aromatic rings. The van der Waals surface area contributed by atoms with Gasteiger partial charge in [0.05, 0.1) is 6.54 Å². The first kappa shape index (κ1) is 21.1. The molecule has 0 saturated heterocycles. The molecule has 0 aliphatic rings. The fraction of sp³-hybridized carbons (Fsp3) is 0.0870. The summed E-state index contributed by atoms with van der Waals surface area (Å²) in [4.78, 5) is 36.8. The average molecular weight is 420 g/mol. The number of benzene rings is 3. The Morgan fingerprint density at radius 3 is 2.03 bits per heavy atom. The first-order valence-corrected chi connectivity index (χ1v) is 10.1. The van der Waals surface area contributed by atoms with Crippen LogP contribution in [0.3, 0.4) is 0 Å². The summed E-state index contributed by atoms with van der Waals surface area (Å²) < 4.78 is 0. The Morgan fingerprint density at radius 1 is 0.833 bits per heavy atom. The lowest BCUT2D eigenvalue weighted by molar-refractivity contribution is -0.117. The molecule has 4 N–H and O–H groups in total. The number of carbonyl (C=O) groups is 3. The van der Waals surface area contributed by atoms with Gasteiger partial charge in [-0.2, -0.15) is 0 Å². The van der Waals surface area contributed by atoms with E-state index < -0.39 is 17.1 Å². The van der Waals surface area contributed by atoms with Crippen LogP contribution < -0.4 is 16.4 Å². The third-order valence-electron chi connectivity index (χ3n) is 4.18. The third-order valence-corrected chi connectivity index (χ3v) is 5.44. The summed E-state index contributed by atoms with van der Waals surface area (Å²) in [5, 5.41) is 4.90. The molecule has 3 aromatic carbocycles. The van der Waals surface area contributed by atoms with E-state index in [1.807, 2.05) is 60.7 Å². The van der Waals surface area contributed by atoms with E-state index >= 15 is 0 Å². The number of amides is 3. The lowest BCUT2D eigenvalue weighted by atomic mass is 10.1. The first-order chi connectivity index (χ1) is 14.5. The van der Waals surface area contributed by atoms with E-state index in [-0.39, 0.29) is 12.5 Å². The molecule has 0 aliphatic carbocycles. The molecule has 0 spiro atoms. The molecule has 0 radical (unpaired) electrons. The second-order valence-electron chi connectivity index (χ2n) is 6.44. The zero-order valence-corrected chi connectivity index (χ0v) is 16.9. The van der Waals surface area contributed by atoms with Gasteiger partial charge in [-0.1, -0.05) is 48.5 Å². The van der Waals surface area contributed by atoms with Gasteiger partial charge in [0.2, 0.25) is 11.8 Å². The molecule has 6 nitrogen and oxygen atoms in total. The van der Waals surface area contributed by atoms with Crippen LogP contribution in [-0.2, 0) is 9.59 Å². The van der Waals surface area contributed by atoms with E-state index in [1.54, 1.807) is 24.3 Å². The van der Waals surface area contributed by atoms with Gasteiger partial charge in [-0.05, 0) is 42.0 Å². The Hall–Kier alpha value is -3.58. The average Bonchev–Trinajstić information content (AvgIpc) is 2.77. The van der Waals surface area contributed by atoms with Gasteiger partial charge in [0.15, 0.2) is 0 Å². The van der Waals surface area contributed by atoms with Crippen molar-refractivity contribution in [1.82, 2.24) is 5.32 Å². The number of nitrogens with two attached hydrogens (primary N) is 1. The largest absolute Gasteiger partial charge is 0.368 e. The van der Waals surface area contributed by atoms with Gasteiger partial charge in [-0.25, -0.2) is 0 Å². The monoisotopic (exact) mass is 419 g/mol. The van der Waals surface area contributed by atoms with Crippen molar-refractivity contribution in [3.63, 3.8) is 0 Å². The smallest absolute Gasteiger partial charge is 0.251 e. The molecule has 0 fully saturated rings. The molecule has 7 heteroatoms. The highest BCUT2D eigenvalue weighted by atomic mass is 32.2. The van der Waals surface area contributed by atoms with Crippen molar-refractivity contribution in [1.29, 1.82) is 0 Å². The van der Waals surface area contributed by atoms with Crippen molar-refractivity contribution >= 4 is 35.2 Å². The highest BCUT2D eigenvalue weighted by molar-refractivity contribution is 8.00. The summed E-state index contributed by atoms with van der Waals surface area (Å²) in [5.41, 5.74) is 6.86. The second kappa shape index (κ2) is 10.3. The number of thioether (sulfide) groups is 1. The number of nitrogens with one attached hydrogen (secondary N) is 2. The van der Waals surface area contributed by atoms with Gasteiger partial charge in [0, 0.05) is 16.1 Å². The molecule has 0 heterocycles. The quantitative estimate of drug-likeness (QED) is 0.487. The molecule has 3 rings (SSSR count). The highest BCUT2D eigenvalue weighted by Crippen LogP contribution is 2.36. The fourth-order valence-electron chi connectivity index (χ4n) is 2.72. The Balaban J connectivity index is 1.72. The molecule has 30 heavy (non-hydrogen) atoms. The van der Waals surface area contributed by atoms with Gasteiger partial charge in [-0.15, -0.1) is 11.8 Å². The van der Waals surface area contributed by atoms with E-state index in [0.29, 0.717) is 11.3 Å². The molecule has 152 valence electrons. The Kier molecular flexibility index (Phi) is 7.24. The number of primary amides is 1. The predicted octanol–water partition coefficient (Wildman–Crippen LogP) is 3.37. The van der Waals surface area contributed by atoms with Crippen molar-refractivity contribution in [2.45, 2.75) is 10.1 Å². The minimum absolute atomic E-state index is 0.166. The third kappa shape index (κ3) is 5.96. The van der Waals surface area contributed by atoms with E-state index in [1.165, 1.54) is 11.8 Å². The van der Waals surface area contributed by atoms with Crippen molar-refractivity contribution in [3.8, 4) is 0 Å². The van der Waals surface area contributed by atoms with E-state index in [9.17, 15) is 14.4 Å². The van der Waals surface area contributed by atoms with Gasteiger partial charge in [0.1, 0.15) is 5.25 Å². The predicted molar refractivity (Wildman–Crippen MR) is 118 cm³/mol. The summed E-state index contributed by atoms with van der Waals surface area (Å²) in [7, 11) is 0. The van der Waals surface area contributed by atoms with Crippen LogP contribution in [0.5, 0.6) is 0 Å². The lowest BCUT2D eigenvalue weighted by Gasteiger charge is -2.17. The Morgan fingerprint density at radius 2 is 1.43 bits per heavy atom. The summed E-state index contributed by atoms with van der Waals surface area (Å²) in [6.07, 6.45) is 0. The maximum Gasteiger partial charge on any atom is 0.251 e. The summed E-state index contributed by atoms with van der Waals surface area (Å²) in [6.45, 7) is -0.229. The van der Waals surface area contributed by atoms with Crippen LogP contribution in [0.25, 0.3) is 0 Å². The van der Waals surface area contributed by atoms with Crippen LogP contribution >= 0.6 is 11.8 Å². The van der Waals surface area contributed by atoms with Crippen molar-refractivity contribution in [2.24, 2.45) is 5.73 Å². The highest BCUT2D eigenvalue weighted by Gasteiger charge is 2.22. The van der Waals surface area contributed by atoms with Crippen LogP contribution in [-0.4, -0.2) is 24.3 Å². The zero-order valence-electron chi connectivity index (χ0n) is 16.1. The Bertz CT molecular complexity index is 1010. The van der Waals surface area contributed by atoms with Gasteiger partial charge < -0.3 is 16.4 Å². The Labute approximate surface area is 178 Å². The van der Waals surface area contributed by atoms with Crippen LogP contribution in [0.4, 0.5) is 5.69 Å². The van der Waals surface area contributed by atoms with Crippen LogP contribution in [0, 0.1) is 0 Å². The number of hydrogen-bond donors (Lipinski definition) is 3. The summed E-state index contributed by atoms with van der Waals surface area (Å²) in [6, 6.07) is 25.7. The fourth-order valence-corrected chi connectivity index (χ4v) is 3.76. The molecule has 1 atom stereocenters. The minimum atomic E-state index is -0.616. The van der Waals surface area contributed by atoms with Crippen LogP contribution in [0.15, 0.2) is 89.8 Å². The van der Waals surface area contributed by atoms with E-state index in [0.717, 1.165) is 10.5 Å². The van der Waals surface area contributed by atoms with E-state index in [2.05, 4.69) is 10.6 Å². The lowest BCUT2D eigenvalue weighted by Crippen LogP contribution is -2.33. The minimum Gasteiger partial charge on any atom is -0.368 e. The molecule has 0 bridgehead atoms. The van der Waals surface area contributed by atoms with Gasteiger partial charge >= 0.3 is 0 Å². The first-order valence-electron chi connectivity index (χ1n) is 9.27. The molecular weight excluding hydrogens is 398 g/mol. The SMILES string of the molecule is NC(=O)CNC(=O)c1ccc(NC(=O)C(Sc2ccccc2)c2ccccc2)cc1. The maximum atomic E-state index is 13.1. The van der Waals surface area contributed by atoms with Crippen LogP contribution in [0.2, 0.25) is 0 Å². The van der Waals surface area contributed by atoms with Gasteiger partial charge in [0.25, 0.3) is 5.91 Å². The maximum absolute atomic E-state index is 13.1. The van der Waals surface area contributed by atoms with Crippen molar-refractivity contribution < 1.29 is 14.4 Å². The second-order valence-corrected chi connectivity index (χ2v) is 7.62. The normalized spacial score (nSPS) is 11.3. The standard InChI is InChI=1S/C23H21N3O3S/c24-20(27)15-25-22(28)17-11-13-18(14-12-17)26-23(29)21(16-7-3-1-4-8-16)30-19-9-5-2-6-10-19/h1-14,21H,15H2,(H2,24,27)(H,25,28)(H,26,29). The van der Waals surface area contributed by atoms with E-state index in [4.69, 9.17) is 5.73 Å². The number of carbonyl (C=O) groups excluding carboxylic acids is 3. The zero-order chi connectivity index (χ0) is 21.3. The number of hydrogen-bond acceptors (Lipinski definition) is 4. The molecule has 0 aliphatic heterocycles. The molecular formula is C23H21N3O3S. The molecule has 3 amide bonds. The summed E-state index contributed by atoms with van der Waals surface area (Å²) in [5.74, 6) is -1.19. The molecule has 0 saturated carbocycles.